The first-order valence-corrected chi connectivity index (χ1v) is 7.17. The lowest BCUT2D eigenvalue weighted by molar-refractivity contribution is 0.363. The second kappa shape index (κ2) is 4.47. The summed E-state index contributed by atoms with van der Waals surface area (Å²) in [7, 11) is 0. The average Bonchev–Trinajstić information content (AvgIpc) is 2.84. The van der Waals surface area contributed by atoms with Crippen LogP contribution in [0.1, 0.15) is 64.0 Å². The lowest BCUT2D eigenvalue weighted by Gasteiger charge is -2.26. The van der Waals surface area contributed by atoms with Crippen LogP contribution in [0.3, 0.4) is 0 Å². The Morgan fingerprint density at radius 3 is 2.38 bits per heavy atom. The van der Waals surface area contributed by atoms with Crippen molar-refractivity contribution in [1.82, 2.24) is 14.8 Å². The molecule has 1 aliphatic rings. The molecule has 0 spiro atoms. The summed E-state index contributed by atoms with van der Waals surface area (Å²) >= 11 is 3.50. The maximum atomic E-state index is 4.42. The van der Waals surface area contributed by atoms with E-state index in [0.29, 0.717) is 5.92 Å². The van der Waals surface area contributed by atoms with Crippen molar-refractivity contribution in [1.29, 1.82) is 0 Å². The first-order chi connectivity index (χ1) is 7.54. The number of nitrogens with zero attached hydrogens (tertiary/aromatic N) is 3. The zero-order valence-corrected chi connectivity index (χ0v) is 11.9. The quantitative estimate of drug-likeness (QED) is 0.778. The Balaban J connectivity index is 2.41. The van der Waals surface area contributed by atoms with E-state index in [4.69, 9.17) is 0 Å². The zero-order chi connectivity index (χ0) is 11.8. The molecule has 0 aromatic carbocycles. The molecule has 1 aromatic heterocycles. The second-order valence-corrected chi connectivity index (χ2v) is 6.16. The molecule has 90 valence electrons. The van der Waals surface area contributed by atoms with Gasteiger partial charge in [-0.3, -0.25) is 0 Å². The van der Waals surface area contributed by atoms with Gasteiger partial charge in [0.2, 0.25) is 0 Å². The summed E-state index contributed by atoms with van der Waals surface area (Å²) in [5.41, 5.74) is 0.0739. The summed E-state index contributed by atoms with van der Waals surface area (Å²) in [6.07, 6.45) is 5.23. The van der Waals surface area contributed by atoms with Gasteiger partial charge in [0.1, 0.15) is 11.6 Å². The van der Waals surface area contributed by atoms with Gasteiger partial charge in [-0.15, -0.1) is 10.2 Å². The molecular formula is C12H20BrN3. The number of rotatable bonds is 2. The predicted octanol–water partition coefficient (Wildman–Crippen LogP) is 3.59. The number of alkyl halides is 1. The molecule has 16 heavy (non-hydrogen) atoms. The number of hydrogen-bond acceptors (Lipinski definition) is 2. The smallest absolute Gasteiger partial charge is 0.144 e. The van der Waals surface area contributed by atoms with Crippen molar-refractivity contribution in [2.24, 2.45) is 0 Å². The standard InChI is InChI=1S/C12H20BrN3/c1-12(2,3)16-10(8-13)14-15-11(16)9-6-4-5-7-9/h9H,4-8H2,1-3H3. The SMILES string of the molecule is CC(C)(C)n1c(CBr)nnc1C1CCCC1. The molecule has 1 heterocycles. The Morgan fingerprint density at radius 2 is 1.88 bits per heavy atom. The molecule has 0 atom stereocenters. The third-order valence-electron chi connectivity index (χ3n) is 3.27. The van der Waals surface area contributed by atoms with Gasteiger partial charge in [-0.1, -0.05) is 28.8 Å². The summed E-state index contributed by atoms with van der Waals surface area (Å²) in [6.45, 7) is 6.67. The molecule has 1 saturated carbocycles. The van der Waals surface area contributed by atoms with Crippen molar-refractivity contribution in [3.05, 3.63) is 11.6 Å². The highest BCUT2D eigenvalue weighted by Crippen LogP contribution is 2.35. The van der Waals surface area contributed by atoms with Crippen LogP contribution >= 0.6 is 15.9 Å². The molecule has 0 N–H and O–H groups in total. The minimum Gasteiger partial charge on any atom is -0.309 e. The van der Waals surface area contributed by atoms with E-state index < -0.39 is 0 Å². The number of halogens is 1. The summed E-state index contributed by atoms with van der Waals surface area (Å²) in [5, 5.41) is 9.51. The molecule has 0 aliphatic heterocycles. The summed E-state index contributed by atoms with van der Waals surface area (Å²) in [6, 6.07) is 0. The number of aromatic nitrogens is 3. The maximum absolute atomic E-state index is 4.42. The van der Waals surface area contributed by atoms with Gasteiger partial charge in [-0.25, -0.2) is 0 Å². The van der Waals surface area contributed by atoms with Gasteiger partial charge < -0.3 is 4.57 Å². The Morgan fingerprint density at radius 1 is 1.25 bits per heavy atom. The normalized spacial score (nSPS) is 18.2. The molecule has 1 aliphatic carbocycles. The fraction of sp³-hybridized carbons (Fsp3) is 0.833. The molecule has 0 amide bonds. The fourth-order valence-corrected chi connectivity index (χ4v) is 2.96. The molecule has 0 saturated heterocycles. The topological polar surface area (TPSA) is 30.7 Å². The van der Waals surface area contributed by atoms with E-state index in [9.17, 15) is 0 Å². The van der Waals surface area contributed by atoms with E-state index in [-0.39, 0.29) is 5.54 Å². The zero-order valence-electron chi connectivity index (χ0n) is 10.3. The van der Waals surface area contributed by atoms with Crippen molar-refractivity contribution in [2.45, 2.75) is 63.2 Å². The molecule has 1 aromatic rings. The highest BCUT2D eigenvalue weighted by Gasteiger charge is 2.28. The monoisotopic (exact) mass is 285 g/mol. The van der Waals surface area contributed by atoms with Crippen molar-refractivity contribution in [3.8, 4) is 0 Å². The summed E-state index contributed by atoms with van der Waals surface area (Å²) in [4.78, 5) is 0. The van der Waals surface area contributed by atoms with Crippen LogP contribution in [0.4, 0.5) is 0 Å². The molecule has 1 fully saturated rings. The maximum Gasteiger partial charge on any atom is 0.144 e. The summed E-state index contributed by atoms with van der Waals surface area (Å²) in [5.74, 6) is 2.87. The number of hydrogen-bond donors (Lipinski definition) is 0. The van der Waals surface area contributed by atoms with Crippen LogP contribution < -0.4 is 0 Å². The second-order valence-electron chi connectivity index (χ2n) is 5.60. The van der Waals surface area contributed by atoms with Gasteiger partial charge >= 0.3 is 0 Å². The van der Waals surface area contributed by atoms with Crippen LogP contribution in [0, 0.1) is 0 Å². The van der Waals surface area contributed by atoms with Gasteiger partial charge in [0, 0.05) is 11.5 Å². The first-order valence-electron chi connectivity index (χ1n) is 6.04. The highest BCUT2D eigenvalue weighted by molar-refractivity contribution is 9.08. The van der Waals surface area contributed by atoms with E-state index in [1.807, 2.05) is 0 Å². The lowest BCUT2D eigenvalue weighted by atomic mass is 10.0. The molecule has 0 unspecified atom stereocenters. The van der Waals surface area contributed by atoms with E-state index in [0.717, 1.165) is 11.2 Å². The third-order valence-corrected chi connectivity index (χ3v) is 3.77. The van der Waals surface area contributed by atoms with Crippen molar-refractivity contribution >= 4 is 15.9 Å². The van der Waals surface area contributed by atoms with Gasteiger partial charge in [0.15, 0.2) is 0 Å². The van der Waals surface area contributed by atoms with Crippen LogP contribution in [-0.2, 0) is 10.9 Å². The van der Waals surface area contributed by atoms with Crippen LogP contribution in [0.25, 0.3) is 0 Å². The van der Waals surface area contributed by atoms with Gasteiger partial charge in [0.25, 0.3) is 0 Å². The molecule has 0 radical (unpaired) electrons. The van der Waals surface area contributed by atoms with Gasteiger partial charge in [-0.05, 0) is 33.6 Å². The molecule has 3 nitrogen and oxygen atoms in total. The van der Waals surface area contributed by atoms with Gasteiger partial charge in [0.05, 0.1) is 5.33 Å². The molecule has 0 bridgehead atoms. The van der Waals surface area contributed by atoms with Crippen molar-refractivity contribution in [3.63, 3.8) is 0 Å². The Bertz CT molecular complexity index is 359. The van der Waals surface area contributed by atoms with Crippen molar-refractivity contribution in [2.75, 3.05) is 0 Å². The van der Waals surface area contributed by atoms with Crippen LogP contribution in [-0.4, -0.2) is 14.8 Å². The van der Waals surface area contributed by atoms with Crippen LogP contribution in [0.2, 0.25) is 0 Å². The molecule has 2 rings (SSSR count). The van der Waals surface area contributed by atoms with Crippen molar-refractivity contribution < 1.29 is 0 Å². The van der Waals surface area contributed by atoms with E-state index >= 15 is 0 Å². The largest absolute Gasteiger partial charge is 0.309 e. The highest BCUT2D eigenvalue weighted by atomic mass is 79.9. The molecule has 4 heteroatoms. The fourth-order valence-electron chi connectivity index (χ4n) is 2.60. The Kier molecular flexibility index (Phi) is 3.38. The minimum absolute atomic E-state index is 0.0739. The van der Waals surface area contributed by atoms with Crippen LogP contribution in [0.15, 0.2) is 0 Å². The lowest BCUT2D eigenvalue weighted by Crippen LogP contribution is -2.27. The Labute approximate surface area is 106 Å². The van der Waals surface area contributed by atoms with Crippen LogP contribution in [0.5, 0.6) is 0 Å². The molecular weight excluding hydrogens is 266 g/mol. The Hall–Kier alpha value is -0.380. The van der Waals surface area contributed by atoms with E-state index in [1.54, 1.807) is 0 Å². The summed E-state index contributed by atoms with van der Waals surface area (Å²) < 4.78 is 2.32. The van der Waals surface area contributed by atoms with E-state index in [1.165, 1.54) is 31.5 Å². The third kappa shape index (κ3) is 2.17. The first kappa shape index (κ1) is 12.1. The predicted molar refractivity (Wildman–Crippen MR) is 68.9 cm³/mol. The average molecular weight is 286 g/mol. The van der Waals surface area contributed by atoms with E-state index in [2.05, 4.69) is 51.5 Å². The van der Waals surface area contributed by atoms with Gasteiger partial charge in [-0.2, -0.15) is 0 Å². The minimum atomic E-state index is 0.0739.